The van der Waals surface area contributed by atoms with Crippen molar-refractivity contribution in [2.45, 2.75) is 19.0 Å². The fourth-order valence-corrected chi connectivity index (χ4v) is 2.01. The molecule has 0 spiro atoms. The molecule has 1 unspecified atom stereocenters. The van der Waals surface area contributed by atoms with Crippen LogP contribution in [0.3, 0.4) is 0 Å². The molecule has 0 radical (unpaired) electrons. The van der Waals surface area contributed by atoms with E-state index in [4.69, 9.17) is 11.6 Å². The first-order valence-corrected chi connectivity index (χ1v) is 5.96. The van der Waals surface area contributed by atoms with Crippen LogP contribution in [0.1, 0.15) is 11.1 Å². The van der Waals surface area contributed by atoms with Gasteiger partial charge in [-0.2, -0.15) is 0 Å². The molecule has 1 atom stereocenters. The maximum atomic E-state index is 11.8. The summed E-state index contributed by atoms with van der Waals surface area (Å²) in [6, 6.07) is 7.98. The number of hydrogen-bond acceptors (Lipinski definition) is 2. The third-order valence-electron chi connectivity index (χ3n) is 2.85. The average Bonchev–Trinajstić information content (AvgIpc) is 2.35. The molecule has 0 aromatic heterocycles. The second kappa shape index (κ2) is 5.34. The standard InChI is InChI=1S/C13H15ClN2O/c1-9(14)7-16-13(17)12-6-10-4-2-3-5-11(10)8-15-12/h2-5,12,15H,1,6-8H2,(H,16,17). The molecule has 1 aliphatic rings. The number of amides is 1. The molecule has 1 amide bonds. The molecule has 1 aliphatic heterocycles. The van der Waals surface area contributed by atoms with Crippen molar-refractivity contribution < 1.29 is 4.79 Å². The van der Waals surface area contributed by atoms with E-state index in [-0.39, 0.29) is 11.9 Å². The highest BCUT2D eigenvalue weighted by Gasteiger charge is 2.23. The normalized spacial score (nSPS) is 18.3. The summed E-state index contributed by atoms with van der Waals surface area (Å²) >= 11 is 5.61. The zero-order chi connectivity index (χ0) is 12.3. The summed E-state index contributed by atoms with van der Waals surface area (Å²) in [5.74, 6) is -0.0266. The molecule has 1 aromatic rings. The number of rotatable bonds is 3. The molecule has 0 saturated carbocycles. The van der Waals surface area contributed by atoms with Crippen LogP contribution in [0.2, 0.25) is 0 Å². The maximum Gasteiger partial charge on any atom is 0.237 e. The molecule has 2 N–H and O–H groups in total. The molecule has 3 nitrogen and oxygen atoms in total. The molecule has 2 rings (SSSR count). The summed E-state index contributed by atoms with van der Waals surface area (Å²) in [6.45, 7) is 4.59. The van der Waals surface area contributed by atoms with Gasteiger partial charge in [0.05, 0.1) is 12.6 Å². The predicted octanol–water partition coefficient (Wildman–Crippen LogP) is 1.57. The number of fused-ring (bicyclic) bond motifs is 1. The Morgan fingerprint density at radius 1 is 1.47 bits per heavy atom. The van der Waals surface area contributed by atoms with Gasteiger partial charge in [0.2, 0.25) is 5.91 Å². The van der Waals surface area contributed by atoms with E-state index in [1.165, 1.54) is 11.1 Å². The van der Waals surface area contributed by atoms with Gasteiger partial charge in [-0.05, 0) is 17.5 Å². The molecule has 4 heteroatoms. The van der Waals surface area contributed by atoms with Crippen LogP contribution in [0.25, 0.3) is 0 Å². The molecule has 0 saturated heterocycles. The Hall–Kier alpha value is -1.32. The molecule has 90 valence electrons. The Labute approximate surface area is 106 Å². The van der Waals surface area contributed by atoms with Crippen LogP contribution < -0.4 is 10.6 Å². The van der Waals surface area contributed by atoms with Crippen LogP contribution in [0.4, 0.5) is 0 Å². The maximum absolute atomic E-state index is 11.8. The second-order valence-corrected chi connectivity index (χ2v) is 4.68. The fraction of sp³-hybridized carbons (Fsp3) is 0.308. The van der Waals surface area contributed by atoms with Crippen LogP contribution in [0, 0.1) is 0 Å². The van der Waals surface area contributed by atoms with Crippen molar-refractivity contribution in [3.63, 3.8) is 0 Å². The zero-order valence-corrected chi connectivity index (χ0v) is 10.3. The van der Waals surface area contributed by atoms with Crippen molar-refractivity contribution in [2.24, 2.45) is 0 Å². The second-order valence-electron chi connectivity index (χ2n) is 4.14. The molecule has 17 heavy (non-hydrogen) atoms. The van der Waals surface area contributed by atoms with Crippen molar-refractivity contribution >= 4 is 17.5 Å². The summed E-state index contributed by atoms with van der Waals surface area (Å²) in [5, 5.41) is 6.40. The van der Waals surface area contributed by atoms with Gasteiger partial charge >= 0.3 is 0 Å². The highest BCUT2D eigenvalue weighted by atomic mass is 35.5. The van der Waals surface area contributed by atoms with Gasteiger partial charge in [-0.3, -0.25) is 4.79 Å². The zero-order valence-electron chi connectivity index (χ0n) is 9.50. The summed E-state index contributed by atoms with van der Waals surface area (Å²) in [4.78, 5) is 11.8. The van der Waals surface area contributed by atoms with Crippen molar-refractivity contribution in [3.8, 4) is 0 Å². The first kappa shape index (κ1) is 12.1. The first-order chi connectivity index (χ1) is 8.16. The van der Waals surface area contributed by atoms with Gasteiger partial charge in [0, 0.05) is 11.6 Å². The number of halogens is 1. The van der Waals surface area contributed by atoms with Gasteiger partial charge in [-0.15, -0.1) is 0 Å². The largest absolute Gasteiger partial charge is 0.350 e. The summed E-state index contributed by atoms with van der Waals surface area (Å²) in [6.07, 6.45) is 0.719. The predicted molar refractivity (Wildman–Crippen MR) is 68.8 cm³/mol. The highest BCUT2D eigenvalue weighted by Crippen LogP contribution is 2.16. The molecule has 1 heterocycles. The minimum absolute atomic E-state index is 0.0266. The van der Waals surface area contributed by atoms with Gasteiger partial charge < -0.3 is 10.6 Å². The van der Waals surface area contributed by atoms with E-state index >= 15 is 0 Å². The first-order valence-electron chi connectivity index (χ1n) is 5.58. The third-order valence-corrected chi connectivity index (χ3v) is 2.99. The van der Waals surface area contributed by atoms with Crippen molar-refractivity contribution in [2.75, 3.05) is 6.54 Å². The minimum atomic E-state index is -0.180. The Kier molecular flexibility index (Phi) is 3.82. The number of carbonyl (C=O) groups excluding carboxylic acids is 1. The smallest absolute Gasteiger partial charge is 0.237 e. The lowest BCUT2D eigenvalue weighted by Crippen LogP contribution is -2.47. The lowest BCUT2D eigenvalue weighted by molar-refractivity contribution is -0.123. The topological polar surface area (TPSA) is 41.1 Å². The van der Waals surface area contributed by atoms with Crippen LogP contribution in [-0.2, 0) is 17.8 Å². The average molecular weight is 251 g/mol. The quantitative estimate of drug-likeness (QED) is 0.855. The summed E-state index contributed by atoms with van der Waals surface area (Å²) in [7, 11) is 0. The van der Waals surface area contributed by atoms with E-state index in [0.29, 0.717) is 11.6 Å². The minimum Gasteiger partial charge on any atom is -0.350 e. The number of hydrogen-bond donors (Lipinski definition) is 2. The van der Waals surface area contributed by atoms with Gasteiger partial charge in [-0.1, -0.05) is 42.4 Å². The van der Waals surface area contributed by atoms with E-state index in [1.54, 1.807) is 0 Å². The molecular weight excluding hydrogens is 236 g/mol. The fourth-order valence-electron chi connectivity index (χ4n) is 1.95. The Balaban J connectivity index is 1.97. The lowest BCUT2D eigenvalue weighted by atomic mass is 9.95. The van der Waals surface area contributed by atoms with Crippen molar-refractivity contribution in [1.29, 1.82) is 0 Å². The van der Waals surface area contributed by atoms with Crippen LogP contribution in [0.15, 0.2) is 35.9 Å². The van der Waals surface area contributed by atoms with Crippen LogP contribution in [-0.4, -0.2) is 18.5 Å². The number of benzene rings is 1. The van der Waals surface area contributed by atoms with E-state index in [0.717, 1.165) is 13.0 Å². The lowest BCUT2D eigenvalue weighted by Gasteiger charge is -2.25. The molecule has 0 aliphatic carbocycles. The summed E-state index contributed by atoms with van der Waals surface area (Å²) in [5.41, 5.74) is 2.49. The molecule has 0 bridgehead atoms. The Bertz CT molecular complexity index is 445. The molecule has 1 aromatic carbocycles. The van der Waals surface area contributed by atoms with Gasteiger partial charge in [0.25, 0.3) is 0 Å². The van der Waals surface area contributed by atoms with E-state index in [1.807, 2.05) is 12.1 Å². The van der Waals surface area contributed by atoms with Crippen molar-refractivity contribution in [3.05, 3.63) is 47.0 Å². The van der Waals surface area contributed by atoms with Gasteiger partial charge in [-0.25, -0.2) is 0 Å². The molecule has 0 fully saturated rings. The Morgan fingerprint density at radius 2 is 2.18 bits per heavy atom. The van der Waals surface area contributed by atoms with Crippen molar-refractivity contribution in [1.82, 2.24) is 10.6 Å². The number of carbonyl (C=O) groups is 1. The van der Waals surface area contributed by atoms with Gasteiger partial charge in [0.15, 0.2) is 0 Å². The highest BCUT2D eigenvalue weighted by molar-refractivity contribution is 6.29. The van der Waals surface area contributed by atoms with Crippen LogP contribution in [0.5, 0.6) is 0 Å². The molecular formula is C13H15ClN2O. The SMILES string of the molecule is C=C(Cl)CNC(=O)C1Cc2ccccc2CN1. The van der Waals surface area contributed by atoms with E-state index in [9.17, 15) is 4.79 Å². The monoisotopic (exact) mass is 250 g/mol. The Morgan fingerprint density at radius 3 is 2.88 bits per heavy atom. The van der Waals surface area contributed by atoms with E-state index < -0.39 is 0 Å². The third kappa shape index (κ3) is 3.08. The summed E-state index contributed by atoms with van der Waals surface area (Å²) < 4.78 is 0. The number of nitrogens with one attached hydrogen (secondary N) is 2. The van der Waals surface area contributed by atoms with E-state index in [2.05, 4.69) is 29.3 Å². The van der Waals surface area contributed by atoms with Crippen LogP contribution >= 0.6 is 11.6 Å². The van der Waals surface area contributed by atoms with Gasteiger partial charge in [0.1, 0.15) is 0 Å².